The van der Waals surface area contributed by atoms with E-state index in [0.29, 0.717) is 30.3 Å². The number of benzene rings is 1. The third-order valence-corrected chi connectivity index (χ3v) is 6.86. The zero-order chi connectivity index (χ0) is 18.2. The van der Waals surface area contributed by atoms with Crippen molar-refractivity contribution in [1.82, 2.24) is 4.90 Å². The van der Waals surface area contributed by atoms with Gasteiger partial charge >= 0.3 is 0 Å². The lowest BCUT2D eigenvalue weighted by atomic mass is 9.87. The molecular weight excluding hydrogens is 336 g/mol. The van der Waals surface area contributed by atoms with E-state index >= 15 is 0 Å². The molecule has 0 N–H and O–H groups in total. The second kappa shape index (κ2) is 6.63. The average Bonchev–Trinajstić information content (AvgIpc) is 3.11. The van der Waals surface area contributed by atoms with Crippen LogP contribution in [0.4, 0.5) is 5.69 Å². The summed E-state index contributed by atoms with van der Waals surface area (Å²) in [6.45, 7) is 7.95. The lowest BCUT2D eigenvalue weighted by molar-refractivity contribution is 0.0704. The third-order valence-electron chi connectivity index (χ3n) is 4.99. The largest absolute Gasteiger partial charge is 0.336 e. The number of likely N-dealkylation sites (tertiary alicyclic amines) is 1. The Kier molecular flexibility index (Phi) is 4.84. The molecule has 1 aromatic carbocycles. The number of anilines is 1. The monoisotopic (exact) mass is 364 g/mol. The van der Waals surface area contributed by atoms with Crippen LogP contribution in [0.2, 0.25) is 0 Å². The van der Waals surface area contributed by atoms with E-state index in [4.69, 9.17) is 0 Å². The molecule has 0 bridgehead atoms. The van der Waals surface area contributed by atoms with Crippen LogP contribution in [-0.4, -0.2) is 44.1 Å². The Morgan fingerprint density at radius 3 is 2.36 bits per heavy atom. The fraction of sp³-hybridized carbons (Fsp3) is 0.632. The molecule has 2 aliphatic rings. The first kappa shape index (κ1) is 18.2. The Hall–Kier alpha value is -1.56. The van der Waals surface area contributed by atoms with E-state index in [1.54, 1.807) is 24.3 Å². The highest BCUT2D eigenvalue weighted by molar-refractivity contribution is 7.93. The number of nitrogens with zero attached hydrogens (tertiary/aromatic N) is 2. The maximum atomic E-state index is 12.9. The predicted octanol–water partition coefficient (Wildman–Crippen LogP) is 3.27. The van der Waals surface area contributed by atoms with Crippen molar-refractivity contribution in [3.63, 3.8) is 0 Å². The van der Waals surface area contributed by atoms with Gasteiger partial charge < -0.3 is 4.90 Å². The first-order valence-electron chi connectivity index (χ1n) is 9.09. The fourth-order valence-electron chi connectivity index (χ4n) is 3.89. The molecule has 138 valence electrons. The van der Waals surface area contributed by atoms with Gasteiger partial charge in [-0.3, -0.25) is 9.10 Å². The van der Waals surface area contributed by atoms with Gasteiger partial charge in [-0.15, -0.1) is 0 Å². The lowest BCUT2D eigenvalue weighted by Gasteiger charge is -2.30. The van der Waals surface area contributed by atoms with Crippen molar-refractivity contribution in [2.24, 2.45) is 5.41 Å². The molecule has 0 radical (unpaired) electrons. The molecular formula is C19H28N2O3S. The van der Waals surface area contributed by atoms with Gasteiger partial charge in [0.15, 0.2) is 0 Å². The van der Waals surface area contributed by atoms with Crippen LogP contribution in [0.5, 0.6) is 0 Å². The first-order chi connectivity index (χ1) is 11.7. The van der Waals surface area contributed by atoms with Crippen LogP contribution in [-0.2, 0) is 10.0 Å². The standard InChI is InChI=1S/C19H28N2O3S/c1-19(2,3)14-17-6-4-11-20(17)18(22)15-7-9-16(10-8-15)21-12-5-13-25(21,23)24/h7-10,17H,4-6,11-14H2,1-3H3. The zero-order valence-electron chi connectivity index (χ0n) is 15.4. The van der Waals surface area contributed by atoms with Gasteiger partial charge in [-0.05, 0) is 55.4 Å². The van der Waals surface area contributed by atoms with Gasteiger partial charge in [0.05, 0.1) is 11.4 Å². The number of sulfonamides is 1. The van der Waals surface area contributed by atoms with Crippen LogP contribution in [0.3, 0.4) is 0 Å². The molecule has 1 unspecified atom stereocenters. The predicted molar refractivity (Wildman–Crippen MR) is 100 cm³/mol. The molecule has 25 heavy (non-hydrogen) atoms. The van der Waals surface area contributed by atoms with Crippen molar-refractivity contribution in [2.45, 2.75) is 52.5 Å². The SMILES string of the molecule is CC(C)(C)CC1CCCN1C(=O)c1ccc(N2CCCS2(=O)=O)cc1. The molecule has 2 aliphatic heterocycles. The minimum absolute atomic E-state index is 0.0579. The van der Waals surface area contributed by atoms with Crippen LogP contribution < -0.4 is 4.31 Å². The summed E-state index contributed by atoms with van der Waals surface area (Å²) < 4.78 is 25.5. The van der Waals surface area contributed by atoms with Crippen molar-refractivity contribution in [3.8, 4) is 0 Å². The number of carbonyl (C=O) groups is 1. The summed E-state index contributed by atoms with van der Waals surface area (Å²) in [4.78, 5) is 14.9. The molecule has 2 fully saturated rings. The topological polar surface area (TPSA) is 57.7 Å². The molecule has 2 saturated heterocycles. The maximum absolute atomic E-state index is 12.9. The van der Waals surface area contributed by atoms with Crippen LogP contribution in [0.15, 0.2) is 24.3 Å². The van der Waals surface area contributed by atoms with E-state index < -0.39 is 10.0 Å². The van der Waals surface area contributed by atoms with Crippen LogP contribution >= 0.6 is 0 Å². The molecule has 2 heterocycles. The Morgan fingerprint density at radius 1 is 1.12 bits per heavy atom. The molecule has 1 aromatic rings. The molecule has 1 atom stereocenters. The van der Waals surface area contributed by atoms with Gasteiger partial charge in [-0.2, -0.15) is 0 Å². The maximum Gasteiger partial charge on any atom is 0.254 e. The summed E-state index contributed by atoms with van der Waals surface area (Å²) in [5.74, 6) is 0.262. The molecule has 3 rings (SSSR count). The summed E-state index contributed by atoms with van der Waals surface area (Å²) >= 11 is 0. The minimum Gasteiger partial charge on any atom is -0.336 e. The van der Waals surface area contributed by atoms with Crippen LogP contribution in [0.1, 0.15) is 56.8 Å². The zero-order valence-corrected chi connectivity index (χ0v) is 16.2. The second-order valence-corrected chi connectivity index (χ2v) is 10.4. The van der Waals surface area contributed by atoms with Crippen molar-refractivity contribution >= 4 is 21.6 Å². The molecule has 0 spiro atoms. The summed E-state index contributed by atoms with van der Waals surface area (Å²) in [5.41, 5.74) is 1.49. The van der Waals surface area contributed by atoms with Crippen molar-refractivity contribution in [2.75, 3.05) is 23.1 Å². The van der Waals surface area contributed by atoms with Crippen LogP contribution in [0, 0.1) is 5.41 Å². The second-order valence-electron chi connectivity index (χ2n) is 8.35. The smallest absolute Gasteiger partial charge is 0.254 e. The highest BCUT2D eigenvalue weighted by atomic mass is 32.2. The van der Waals surface area contributed by atoms with E-state index in [2.05, 4.69) is 20.8 Å². The lowest BCUT2D eigenvalue weighted by Crippen LogP contribution is -2.37. The summed E-state index contributed by atoms with van der Waals surface area (Å²) in [5, 5.41) is 0. The van der Waals surface area contributed by atoms with Crippen molar-refractivity contribution in [3.05, 3.63) is 29.8 Å². The van der Waals surface area contributed by atoms with Gasteiger partial charge in [0.2, 0.25) is 10.0 Å². The van der Waals surface area contributed by atoms with Gasteiger partial charge in [-0.25, -0.2) is 8.42 Å². The normalized spacial score (nSPS) is 23.2. The molecule has 6 heteroatoms. The summed E-state index contributed by atoms with van der Waals surface area (Å²) in [6, 6.07) is 7.33. The number of amides is 1. The van der Waals surface area contributed by atoms with Crippen LogP contribution in [0.25, 0.3) is 0 Å². The number of hydrogen-bond donors (Lipinski definition) is 0. The number of hydrogen-bond acceptors (Lipinski definition) is 3. The Labute approximate surface area is 151 Å². The average molecular weight is 365 g/mol. The van der Waals surface area contributed by atoms with Gasteiger partial charge in [0.25, 0.3) is 5.91 Å². The van der Waals surface area contributed by atoms with E-state index in [-0.39, 0.29) is 17.1 Å². The van der Waals surface area contributed by atoms with Crippen molar-refractivity contribution < 1.29 is 13.2 Å². The first-order valence-corrected chi connectivity index (χ1v) is 10.7. The molecule has 0 aliphatic carbocycles. The number of carbonyl (C=O) groups excluding carboxylic acids is 1. The van der Waals surface area contributed by atoms with Gasteiger partial charge in [-0.1, -0.05) is 20.8 Å². The van der Waals surface area contributed by atoms with E-state index in [1.165, 1.54) is 4.31 Å². The van der Waals surface area contributed by atoms with E-state index in [0.717, 1.165) is 25.8 Å². The highest BCUT2D eigenvalue weighted by Crippen LogP contribution is 2.31. The molecule has 1 amide bonds. The Balaban J connectivity index is 1.74. The Bertz CT molecular complexity index is 735. The van der Waals surface area contributed by atoms with E-state index in [1.807, 2.05) is 4.90 Å². The summed E-state index contributed by atoms with van der Waals surface area (Å²) in [6.07, 6.45) is 3.78. The molecule has 0 aromatic heterocycles. The van der Waals surface area contributed by atoms with E-state index in [9.17, 15) is 13.2 Å². The van der Waals surface area contributed by atoms with Crippen molar-refractivity contribution in [1.29, 1.82) is 0 Å². The van der Waals surface area contributed by atoms with Gasteiger partial charge in [0, 0.05) is 24.7 Å². The number of rotatable bonds is 3. The Morgan fingerprint density at radius 2 is 1.80 bits per heavy atom. The summed E-state index contributed by atoms with van der Waals surface area (Å²) in [7, 11) is -3.18. The highest BCUT2D eigenvalue weighted by Gasteiger charge is 2.33. The third kappa shape index (κ3) is 4.00. The molecule has 5 nitrogen and oxygen atoms in total. The quantitative estimate of drug-likeness (QED) is 0.827. The minimum atomic E-state index is -3.18. The van der Waals surface area contributed by atoms with Gasteiger partial charge in [0.1, 0.15) is 0 Å². The molecule has 0 saturated carbocycles. The fourth-order valence-corrected chi connectivity index (χ4v) is 5.45.